The van der Waals surface area contributed by atoms with Gasteiger partial charge in [0, 0.05) is 11.8 Å². The summed E-state index contributed by atoms with van der Waals surface area (Å²) in [4.78, 5) is 16.5. The number of cyclic esters (lactones) is 1. The van der Waals surface area contributed by atoms with E-state index in [1.54, 1.807) is 25.5 Å². The molecule has 0 aliphatic carbocycles. The number of hydrogen-bond donors (Lipinski definition) is 0. The van der Waals surface area contributed by atoms with E-state index in [-0.39, 0.29) is 5.97 Å². The van der Waals surface area contributed by atoms with E-state index >= 15 is 0 Å². The van der Waals surface area contributed by atoms with Crippen molar-refractivity contribution in [1.82, 2.24) is 9.38 Å². The second-order valence-corrected chi connectivity index (χ2v) is 5.34. The van der Waals surface area contributed by atoms with Crippen molar-refractivity contribution in [1.29, 1.82) is 0 Å². The molecule has 118 valence electrons. The first kappa shape index (κ1) is 14.3. The summed E-state index contributed by atoms with van der Waals surface area (Å²) in [6.07, 6.45) is 7.16. The number of pyridine rings is 1. The van der Waals surface area contributed by atoms with Gasteiger partial charge in [0.2, 0.25) is 0 Å². The molecule has 24 heavy (non-hydrogen) atoms. The van der Waals surface area contributed by atoms with Crippen LogP contribution in [0.3, 0.4) is 0 Å². The highest BCUT2D eigenvalue weighted by molar-refractivity contribution is 6.05. The van der Waals surface area contributed by atoms with E-state index in [1.807, 2.05) is 53.1 Å². The molecule has 1 aliphatic rings. The van der Waals surface area contributed by atoms with Crippen molar-refractivity contribution in [2.45, 2.75) is 0 Å². The lowest BCUT2D eigenvalue weighted by molar-refractivity contribution is -0.130. The molecule has 1 aliphatic heterocycles. The number of imidazole rings is 1. The van der Waals surface area contributed by atoms with Crippen molar-refractivity contribution < 1.29 is 14.3 Å². The van der Waals surface area contributed by atoms with Crippen molar-refractivity contribution >= 4 is 23.5 Å². The molecule has 0 saturated carbocycles. The average molecular weight is 318 g/mol. The summed E-state index contributed by atoms with van der Waals surface area (Å²) in [6, 6.07) is 13.1. The largest absolute Gasteiger partial charge is 0.497 e. The molecule has 3 aromatic rings. The lowest BCUT2D eigenvalue weighted by Crippen LogP contribution is -1.97. The minimum absolute atomic E-state index is 0.369. The van der Waals surface area contributed by atoms with E-state index in [2.05, 4.69) is 4.98 Å². The summed E-state index contributed by atoms with van der Waals surface area (Å²) in [5, 5.41) is 0. The average Bonchev–Trinajstić information content (AvgIpc) is 3.20. The number of ether oxygens (including phenoxy) is 2. The van der Waals surface area contributed by atoms with E-state index in [0.29, 0.717) is 11.3 Å². The minimum atomic E-state index is -0.369. The lowest BCUT2D eigenvalue weighted by Gasteiger charge is -2.03. The monoisotopic (exact) mass is 318 g/mol. The SMILES string of the molecule is COc1ccc(C2=C/C(=C\c3cnc4ccccn34)C(=O)O2)cc1. The Balaban J connectivity index is 1.70. The first-order valence-corrected chi connectivity index (χ1v) is 7.47. The zero-order chi connectivity index (χ0) is 16.5. The Morgan fingerprint density at radius 1 is 1.17 bits per heavy atom. The van der Waals surface area contributed by atoms with Gasteiger partial charge in [-0.25, -0.2) is 9.78 Å². The van der Waals surface area contributed by atoms with Gasteiger partial charge in [-0.05, 0) is 48.6 Å². The third-order valence-corrected chi connectivity index (χ3v) is 3.85. The molecule has 2 aromatic heterocycles. The van der Waals surface area contributed by atoms with Gasteiger partial charge in [0.25, 0.3) is 0 Å². The Hall–Kier alpha value is -3.34. The molecule has 0 atom stereocenters. The molecule has 4 rings (SSSR count). The maximum atomic E-state index is 12.1. The Morgan fingerprint density at radius 2 is 2.00 bits per heavy atom. The topological polar surface area (TPSA) is 52.8 Å². The van der Waals surface area contributed by atoms with Gasteiger partial charge >= 0.3 is 5.97 Å². The van der Waals surface area contributed by atoms with Crippen molar-refractivity contribution in [3.63, 3.8) is 0 Å². The number of fused-ring (bicyclic) bond motifs is 1. The summed E-state index contributed by atoms with van der Waals surface area (Å²) in [7, 11) is 1.61. The molecule has 3 heterocycles. The molecule has 0 radical (unpaired) electrons. The fourth-order valence-corrected chi connectivity index (χ4v) is 2.60. The van der Waals surface area contributed by atoms with E-state index in [0.717, 1.165) is 22.7 Å². The first-order valence-electron chi connectivity index (χ1n) is 7.47. The van der Waals surface area contributed by atoms with Crippen molar-refractivity contribution in [3.8, 4) is 5.75 Å². The number of carbonyl (C=O) groups is 1. The predicted molar refractivity (Wildman–Crippen MR) is 90.2 cm³/mol. The number of rotatable bonds is 3. The first-order chi connectivity index (χ1) is 11.7. The van der Waals surface area contributed by atoms with E-state index < -0.39 is 0 Å². The molecule has 0 N–H and O–H groups in total. The molecule has 5 heteroatoms. The number of carbonyl (C=O) groups excluding carboxylic acids is 1. The zero-order valence-corrected chi connectivity index (χ0v) is 13.0. The molecule has 0 fully saturated rings. The van der Waals surface area contributed by atoms with Crippen molar-refractivity contribution in [2.75, 3.05) is 7.11 Å². The Morgan fingerprint density at radius 3 is 2.79 bits per heavy atom. The maximum absolute atomic E-state index is 12.1. The molecule has 0 amide bonds. The van der Waals surface area contributed by atoms with Crippen molar-refractivity contribution in [2.24, 2.45) is 0 Å². The van der Waals surface area contributed by atoms with Crippen LogP contribution in [0.4, 0.5) is 0 Å². The van der Waals surface area contributed by atoms with Crippen LogP contribution in [0.1, 0.15) is 11.3 Å². The van der Waals surface area contributed by atoms with Crippen LogP contribution in [-0.2, 0) is 9.53 Å². The summed E-state index contributed by atoms with van der Waals surface area (Å²) >= 11 is 0. The zero-order valence-electron chi connectivity index (χ0n) is 13.0. The molecule has 0 saturated heterocycles. The number of esters is 1. The van der Waals surface area contributed by atoms with Gasteiger partial charge in [-0.2, -0.15) is 0 Å². The van der Waals surface area contributed by atoms with Crippen LogP contribution in [0.2, 0.25) is 0 Å². The van der Waals surface area contributed by atoms with Crippen molar-refractivity contribution in [3.05, 3.63) is 77.8 Å². The van der Waals surface area contributed by atoms with Crippen LogP contribution in [0.5, 0.6) is 5.75 Å². The van der Waals surface area contributed by atoms with E-state index in [1.165, 1.54) is 0 Å². The lowest BCUT2D eigenvalue weighted by atomic mass is 10.1. The number of hydrogen-bond acceptors (Lipinski definition) is 4. The Labute approximate surface area is 138 Å². The second kappa shape index (κ2) is 5.70. The van der Waals surface area contributed by atoms with E-state index in [9.17, 15) is 4.79 Å². The summed E-state index contributed by atoms with van der Waals surface area (Å²) in [5.41, 5.74) is 2.97. The van der Waals surface area contributed by atoms with Gasteiger partial charge in [0.05, 0.1) is 24.6 Å². The molecule has 5 nitrogen and oxygen atoms in total. The highest BCUT2D eigenvalue weighted by Crippen LogP contribution is 2.28. The third kappa shape index (κ3) is 2.46. The summed E-state index contributed by atoms with van der Waals surface area (Å²) < 4.78 is 12.4. The Kier molecular flexibility index (Phi) is 3.39. The molecule has 1 aromatic carbocycles. The molecular weight excluding hydrogens is 304 g/mol. The minimum Gasteiger partial charge on any atom is -0.497 e. The summed E-state index contributed by atoms with van der Waals surface area (Å²) in [5.74, 6) is 0.916. The van der Waals surface area contributed by atoms with Crippen LogP contribution in [0.15, 0.2) is 66.5 Å². The van der Waals surface area contributed by atoms with Gasteiger partial charge in [0.15, 0.2) is 0 Å². The van der Waals surface area contributed by atoms with Crippen LogP contribution in [-0.4, -0.2) is 22.5 Å². The van der Waals surface area contributed by atoms with Crippen LogP contribution < -0.4 is 4.74 Å². The second-order valence-electron chi connectivity index (χ2n) is 5.34. The quantitative estimate of drug-likeness (QED) is 0.549. The fraction of sp³-hybridized carbons (Fsp3) is 0.0526. The maximum Gasteiger partial charge on any atom is 0.343 e. The number of methoxy groups -OCH3 is 1. The normalized spacial score (nSPS) is 15.6. The van der Waals surface area contributed by atoms with Crippen LogP contribution in [0, 0.1) is 0 Å². The van der Waals surface area contributed by atoms with Crippen LogP contribution >= 0.6 is 0 Å². The summed E-state index contributed by atoms with van der Waals surface area (Å²) in [6.45, 7) is 0. The highest BCUT2D eigenvalue weighted by atomic mass is 16.5. The molecule has 0 spiro atoms. The van der Waals surface area contributed by atoms with E-state index in [4.69, 9.17) is 9.47 Å². The number of aromatic nitrogens is 2. The third-order valence-electron chi connectivity index (χ3n) is 3.85. The van der Waals surface area contributed by atoms with Gasteiger partial charge in [-0.1, -0.05) is 6.07 Å². The fourth-order valence-electron chi connectivity index (χ4n) is 2.60. The molecule has 0 unspecified atom stereocenters. The Bertz CT molecular complexity index is 981. The van der Waals surface area contributed by atoms with Gasteiger partial charge < -0.3 is 13.9 Å². The number of benzene rings is 1. The standard InChI is InChI=1S/C19H14N2O3/c1-23-16-7-5-13(6-8-16)17-11-14(19(22)24-17)10-15-12-20-18-4-2-3-9-21(15)18/h2-12H,1H3/b14-10+. The van der Waals surface area contributed by atoms with Crippen LogP contribution in [0.25, 0.3) is 17.5 Å². The highest BCUT2D eigenvalue weighted by Gasteiger charge is 2.22. The van der Waals surface area contributed by atoms with Gasteiger partial charge in [-0.3, -0.25) is 0 Å². The van der Waals surface area contributed by atoms with Gasteiger partial charge in [-0.15, -0.1) is 0 Å². The smallest absolute Gasteiger partial charge is 0.343 e. The van der Waals surface area contributed by atoms with Gasteiger partial charge in [0.1, 0.15) is 17.2 Å². The molecule has 0 bridgehead atoms. The molecular formula is C19H14N2O3. The number of nitrogens with zero attached hydrogens (tertiary/aromatic N) is 2. The predicted octanol–water partition coefficient (Wildman–Crippen LogP) is 3.32.